The Morgan fingerprint density at radius 3 is 2.52 bits per heavy atom. The normalized spacial score (nSPS) is 10.6. The first-order valence-electron chi connectivity index (χ1n) is 10.0. The standard InChI is InChI=1S/C23H22ClN5O4/c1-31-20-8-5-9-21(32-2)22(20)33-15-28-11-10-19(27-28)23(30)26-17-12-25-29(14-17)13-16-6-3-4-7-18(16)24/h3-12,14H,13,15H2,1-2H3,(H,26,30). The molecule has 0 spiro atoms. The number of hydrogen-bond acceptors (Lipinski definition) is 6. The van der Waals surface area contributed by atoms with E-state index in [4.69, 9.17) is 25.8 Å². The summed E-state index contributed by atoms with van der Waals surface area (Å²) in [7, 11) is 3.10. The van der Waals surface area contributed by atoms with E-state index in [0.29, 0.717) is 34.5 Å². The van der Waals surface area contributed by atoms with Gasteiger partial charge in [0.15, 0.2) is 23.9 Å². The molecule has 0 aliphatic rings. The number of ether oxygens (including phenoxy) is 3. The second kappa shape index (κ2) is 10.1. The van der Waals surface area contributed by atoms with E-state index < -0.39 is 0 Å². The van der Waals surface area contributed by atoms with Crippen LogP contribution in [0.4, 0.5) is 5.69 Å². The number of rotatable bonds is 9. The molecule has 0 aliphatic heterocycles. The van der Waals surface area contributed by atoms with E-state index in [1.165, 1.54) is 4.68 Å². The molecule has 0 radical (unpaired) electrons. The van der Waals surface area contributed by atoms with Crippen LogP contribution in [0.25, 0.3) is 0 Å². The molecule has 2 heterocycles. The van der Waals surface area contributed by atoms with Crippen molar-refractivity contribution >= 4 is 23.2 Å². The van der Waals surface area contributed by atoms with Crippen LogP contribution in [0.1, 0.15) is 16.1 Å². The van der Waals surface area contributed by atoms with Gasteiger partial charge in [-0.25, -0.2) is 4.68 Å². The predicted molar refractivity (Wildman–Crippen MR) is 123 cm³/mol. The first kappa shape index (κ1) is 22.2. The summed E-state index contributed by atoms with van der Waals surface area (Å²) >= 11 is 6.20. The van der Waals surface area contributed by atoms with E-state index in [0.717, 1.165) is 5.56 Å². The lowest BCUT2D eigenvalue weighted by Crippen LogP contribution is -2.14. The average molecular weight is 468 g/mol. The van der Waals surface area contributed by atoms with Crippen molar-refractivity contribution in [2.24, 2.45) is 0 Å². The summed E-state index contributed by atoms with van der Waals surface area (Å²) in [5.74, 6) is 1.16. The van der Waals surface area contributed by atoms with Gasteiger partial charge in [0.1, 0.15) is 0 Å². The van der Waals surface area contributed by atoms with Gasteiger partial charge in [0.05, 0.1) is 32.6 Å². The quantitative estimate of drug-likeness (QED) is 0.398. The number of para-hydroxylation sites is 1. The van der Waals surface area contributed by atoms with Crippen LogP contribution in [-0.4, -0.2) is 39.7 Å². The lowest BCUT2D eigenvalue weighted by molar-refractivity contribution is 0.102. The highest BCUT2D eigenvalue weighted by Crippen LogP contribution is 2.36. The van der Waals surface area contributed by atoms with Crippen molar-refractivity contribution in [1.82, 2.24) is 19.6 Å². The van der Waals surface area contributed by atoms with Crippen LogP contribution in [0.15, 0.2) is 67.1 Å². The van der Waals surface area contributed by atoms with Gasteiger partial charge in [0, 0.05) is 17.4 Å². The van der Waals surface area contributed by atoms with E-state index in [-0.39, 0.29) is 18.3 Å². The number of hydrogen-bond donors (Lipinski definition) is 1. The number of benzene rings is 2. The fourth-order valence-corrected chi connectivity index (χ4v) is 3.35. The summed E-state index contributed by atoms with van der Waals surface area (Å²) in [4.78, 5) is 12.6. The third kappa shape index (κ3) is 5.27. The van der Waals surface area contributed by atoms with E-state index in [2.05, 4.69) is 15.5 Å². The summed E-state index contributed by atoms with van der Waals surface area (Å²) in [5.41, 5.74) is 1.73. The fraction of sp³-hybridized carbons (Fsp3) is 0.174. The zero-order valence-electron chi connectivity index (χ0n) is 18.1. The minimum atomic E-state index is -0.360. The van der Waals surface area contributed by atoms with Gasteiger partial charge in [0.2, 0.25) is 5.75 Å². The summed E-state index contributed by atoms with van der Waals surface area (Å²) in [5, 5.41) is 12.0. The average Bonchev–Trinajstić information content (AvgIpc) is 3.48. The van der Waals surface area contributed by atoms with E-state index in [9.17, 15) is 4.79 Å². The first-order valence-corrected chi connectivity index (χ1v) is 10.4. The molecule has 0 atom stereocenters. The van der Waals surface area contributed by atoms with Crippen molar-refractivity contribution in [2.75, 3.05) is 19.5 Å². The molecule has 4 aromatic rings. The van der Waals surface area contributed by atoms with E-state index >= 15 is 0 Å². The van der Waals surface area contributed by atoms with Gasteiger partial charge in [-0.3, -0.25) is 9.48 Å². The molecule has 2 aromatic heterocycles. The molecular formula is C23H22ClN5O4. The Hall–Kier alpha value is -3.98. The van der Waals surface area contributed by atoms with Crippen LogP contribution in [0.5, 0.6) is 17.2 Å². The number of carbonyl (C=O) groups is 1. The molecule has 1 N–H and O–H groups in total. The molecule has 0 aliphatic carbocycles. The maximum atomic E-state index is 12.6. The molecule has 10 heteroatoms. The molecule has 0 fully saturated rings. The molecule has 170 valence electrons. The molecular weight excluding hydrogens is 446 g/mol. The van der Waals surface area contributed by atoms with Gasteiger partial charge in [-0.15, -0.1) is 0 Å². The maximum absolute atomic E-state index is 12.6. The summed E-state index contributed by atoms with van der Waals surface area (Å²) < 4.78 is 19.6. The molecule has 0 saturated carbocycles. The Morgan fingerprint density at radius 1 is 1.03 bits per heavy atom. The highest BCUT2D eigenvalue weighted by Gasteiger charge is 2.14. The van der Waals surface area contributed by atoms with Gasteiger partial charge in [-0.05, 0) is 29.8 Å². The second-order valence-electron chi connectivity index (χ2n) is 6.98. The van der Waals surface area contributed by atoms with Gasteiger partial charge >= 0.3 is 0 Å². The molecule has 2 aromatic carbocycles. The number of carbonyl (C=O) groups excluding carboxylic acids is 1. The maximum Gasteiger partial charge on any atom is 0.276 e. The zero-order chi connectivity index (χ0) is 23.2. The van der Waals surface area contributed by atoms with Crippen molar-refractivity contribution in [3.8, 4) is 17.2 Å². The number of halogens is 1. The van der Waals surface area contributed by atoms with Crippen molar-refractivity contribution in [3.05, 3.63) is 83.4 Å². The lowest BCUT2D eigenvalue weighted by atomic mass is 10.2. The lowest BCUT2D eigenvalue weighted by Gasteiger charge is -2.13. The Balaban J connectivity index is 1.37. The highest BCUT2D eigenvalue weighted by molar-refractivity contribution is 6.31. The third-order valence-electron chi connectivity index (χ3n) is 4.78. The van der Waals surface area contributed by atoms with Gasteiger partial charge in [-0.1, -0.05) is 35.9 Å². The Labute approximate surface area is 195 Å². The SMILES string of the molecule is COc1cccc(OC)c1OCn1ccc(C(=O)Nc2cnn(Cc3ccccc3Cl)c2)n1. The van der Waals surface area contributed by atoms with Crippen molar-refractivity contribution in [1.29, 1.82) is 0 Å². The van der Waals surface area contributed by atoms with Crippen LogP contribution < -0.4 is 19.5 Å². The molecule has 9 nitrogen and oxygen atoms in total. The van der Waals surface area contributed by atoms with Crippen molar-refractivity contribution in [2.45, 2.75) is 13.3 Å². The van der Waals surface area contributed by atoms with Crippen molar-refractivity contribution in [3.63, 3.8) is 0 Å². The minimum Gasteiger partial charge on any atom is -0.493 e. The van der Waals surface area contributed by atoms with Crippen LogP contribution in [0, 0.1) is 0 Å². The highest BCUT2D eigenvalue weighted by atomic mass is 35.5. The molecule has 0 unspecified atom stereocenters. The monoisotopic (exact) mass is 467 g/mol. The molecule has 0 saturated heterocycles. The number of methoxy groups -OCH3 is 2. The molecule has 33 heavy (non-hydrogen) atoms. The minimum absolute atomic E-state index is 0.0692. The van der Waals surface area contributed by atoms with E-state index in [1.807, 2.05) is 24.3 Å². The van der Waals surface area contributed by atoms with Crippen molar-refractivity contribution < 1.29 is 19.0 Å². The second-order valence-corrected chi connectivity index (χ2v) is 7.38. The zero-order valence-corrected chi connectivity index (χ0v) is 18.8. The number of anilines is 1. The Morgan fingerprint density at radius 2 is 1.79 bits per heavy atom. The Kier molecular flexibility index (Phi) is 6.80. The van der Waals surface area contributed by atoms with Gasteiger partial charge in [0.25, 0.3) is 5.91 Å². The first-order chi connectivity index (χ1) is 16.1. The predicted octanol–water partition coefficient (Wildman–Crippen LogP) is 4.09. The largest absolute Gasteiger partial charge is 0.493 e. The third-order valence-corrected chi connectivity index (χ3v) is 5.15. The summed E-state index contributed by atoms with van der Waals surface area (Å²) in [6, 6.07) is 14.5. The summed E-state index contributed by atoms with van der Waals surface area (Å²) in [6.45, 7) is 0.563. The van der Waals surface area contributed by atoms with Crippen LogP contribution in [0.2, 0.25) is 5.02 Å². The number of amides is 1. The Bertz CT molecular complexity index is 1230. The van der Waals surface area contributed by atoms with Crippen LogP contribution in [-0.2, 0) is 13.3 Å². The number of aromatic nitrogens is 4. The number of nitrogens with one attached hydrogen (secondary N) is 1. The summed E-state index contributed by atoms with van der Waals surface area (Å²) in [6.07, 6.45) is 4.95. The van der Waals surface area contributed by atoms with Crippen LogP contribution in [0.3, 0.4) is 0 Å². The topological polar surface area (TPSA) is 92.4 Å². The molecule has 1 amide bonds. The van der Waals surface area contributed by atoms with Gasteiger partial charge in [-0.2, -0.15) is 10.2 Å². The fourth-order valence-electron chi connectivity index (χ4n) is 3.16. The van der Waals surface area contributed by atoms with Gasteiger partial charge < -0.3 is 19.5 Å². The van der Waals surface area contributed by atoms with E-state index in [1.54, 1.807) is 61.8 Å². The molecule has 4 rings (SSSR count). The molecule has 0 bridgehead atoms. The smallest absolute Gasteiger partial charge is 0.276 e. The number of nitrogens with zero attached hydrogens (tertiary/aromatic N) is 4. The van der Waals surface area contributed by atoms with Crippen LogP contribution >= 0.6 is 11.6 Å².